The third kappa shape index (κ3) is 6.24. The molecule has 0 unspecified atom stereocenters. The number of halogens is 1. The van der Waals surface area contributed by atoms with Crippen LogP contribution < -0.4 is 14.9 Å². The van der Waals surface area contributed by atoms with Crippen molar-refractivity contribution >= 4 is 17.7 Å². The Morgan fingerprint density at radius 1 is 1.15 bits per heavy atom. The highest BCUT2D eigenvalue weighted by atomic mass is 35.5. The predicted molar refractivity (Wildman–Crippen MR) is 102 cm³/mol. The summed E-state index contributed by atoms with van der Waals surface area (Å²) in [6, 6.07) is 8.55. The van der Waals surface area contributed by atoms with E-state index in [2.05, 4.69) is 0 Å². The third-order valence-electron chi connectivity index (χ3n) is 3.55. The van der Waals surface area contributed by atoms with E-state index in [1.165, 1.54) is 6.07 Å². The zero-order chi connectivity index (χ0) is 18.8. The number of unbranched alkanes of at least 4 members (excludes halogenated alkanes) is 2. The molecule has 0 radical (unpaired) electrons. The van der Waals surface area contributed by atoms with E-state index in [1.807, 2.05) is 19.1 Å². The van der Waals surface area contributed by atoms with E-state index in [4.69, 9.17) is 30.6 Å². The normalized spacial score (nSPS) is 11.0. The van der Waals surface area contributed by atoms with Gasteiger partial charge in [-0.05, 0) is 50.5 Å². The summed E-state index contributed by atoms with van der Waals surface area (Å²) in [7, 11) is 0. The molecule has 0 spiro atoms. The molecule has 6 heteroatoms. The molecule has 1 N–H and O–H groups in total. The quantitative estimate of drug-likeness (QED) is 0.618. The van der Waals surface area contributed by atoms with Crippen molar-refractivity contribution in [2.45, 2.75) is 32.8 Å². The molecule has 0 aliphatic carbocycles. The van der Waals surface area contributed by atoms with Gasteiger partial charge in [-0.3, -0.25) is 4.79 Å². The highest BCUT2D eigenvalue weighted by Gasteiger charge is 2.11. The van der Waals surface area contributed by atoms with Gasteiger partial charge in [-0.25, -0.2) is 0 Å². The van der Waals surface area contributed by atoms with Gasteiger partial charge in [0.05, 0.1) is 13.2 Å². The number of hydrogen-bond acceptors (Lipinski definition) is 5. The molecule has 0 saturated heterocycles. The highest BCUT2D eigenvalue weighted by Crippen LogP contribution is 2.19. The summed E-state index contributed by atoms with van der Waals surface area (Å²) < 4.78 is 16.7. The molecule has 0 aliphatic rings. The number of hydrogen-bond donors (Lipinski definition) is 1. The summed E-state index contributed by atoms with van der Waals surface area (Å²) in [5.41, 5.74) is -0.294. The molecule has 26 heavy (non-hydrogen) atoms. The molecule has 2 aromatic rings. The van der Waals surface area contributed by atoms with Gasteiger partial charge in [-0.2, -0.15) is 0 Å². The summed E-state index contributed by atoms with van der Waals surface area (Å²) in [4.78, 5) is 12.1. The van der Waals surface area contributed by atoms with Crippen molar-refractivity contribution in [3.05, 3.63) is 63.2 Å². The molecule has 140 valence electrons. The summed E-state index contributed by atoms with van der Waals surface area (Å²) in [6.07, 6.45) is 5.96. The monoisotopic (exact) mass is 378 g/mol. The average Bonchev–Trinajstić information content (AvgIpc) is 2.62. The number of rotatable bonds is 10. The molecular formula is C20H23ClO5. The van der Waals surface area contributed by atoms with Crippen molar-refractivity contribution in [2.24, 2.45) is 0 Å². The second-order valence-corrected chi connectivity index (χ2v) is 6.08. The lowest BCUT2D eigenvalue weighted by Gasteiger charge is -2.09. The van der Waals surface area contributed by atoms with Crippen molar-refractivity contribution in [3.63, 3.8) is 0 Å². The number of aliphatic hydroxyl groups excluding tert-OH is 1. The first-order valence-corrected chi connectivity index (χ1v) is 8.93. The van der Waals surface area contributed by atoms with Crippen LogP contribution in [-0.4, -0.2) is 18.3 Å². The zero-order valence-corrected chi connectivity index (χ0v) is 15.5. The van der Waals surface area contributed by atoms with Gasteiger partial charge in [0.2, 0.25) is 11.2 Å². The largest absolute Gasteiger partial charge is 0.494 e. The fourth-order valence-electron chi connectivity index (χ4n) is 2.33. The van der Waals surface area contributed by atoms with Gasteiger partial charge in [0.1, 0.15) is 18.1 Å². The predicted octanol–water partition coefficient (Wildman–Crippen LogP) is 4.45. The molecule has 5 nitrogen and oxygen atoms in total. The van der Waals surface area contributed by atoms with Crippen molar-refractivity contribution in [1.82, 2.24) is 0 Å². The minimum absolute atomic E-state index is 0.176. The Kier molecular flexibility index (Phi) is 8.25. The van der Waals surface area contributed by atoms with E-state index in [1.54, 1.807) is 24.3 Å². The van der Waals surface area contributed by atoms with E-state index in [0.29, 0.717) is 24.0 Å². The Morgan fingerprint density at radius 2 is 1.92 bits per heavy atom. The zero-order valence-electron chi connectivity index (χ0n) is 14.7. The van der Waals surface area contributed by atoms with Gasteiger partial charge in [0, 0.05) is 11.1 Å². The first-order valence-electron chi connectivity index (χ1n) is 8.55. The van der Waals surface area contributed by atoms with Crippen LogP contribution in [0, 0.1) is 0 Å². The second-order valence-electron chi connectivity index (χ2n) is 5.64. The Labute approximate surface area is 157 Å². The maximum absolute atomic E-state index is 12.1. The van der Waals surface area contributed by atoms with Gasteiger partial charge in [0.15, 0.2) is 5.76 Å². The summed E-state index contributed by atoms with van der Waals surface area (Å²) in [5.74, 6) is 1.48. The van der Waals surface area contributed by atoms with Crippen LogP contribution in [0.2, 0.25) is 5.02 Å². The standard InChI is InChI=1S/C20H23ClO5/c1-2-7-19-20(18(23)13-17(14-22)26-19)25-11-5-3-4-10-24-16-9-6-8-15(21)12-16/h2,6-9,12-13,22H,3-5,10-11,14H2,1H3/b7-2+. The SMILES string of the molecule is C/C=C/c1oc(CO)cc(=O)c1OCCCCCOc1cccc(Cl)c1. The smallest absolute Gasteiger partial charge is 0.227 e. The molecule has 0 aliphatic heterocycles. The van der Waals surface area contributed by atoms with E-state index in [9.17, 15) is 4.79 Å². The molecule has 1 heterocycles. The maximum atomic E-state index is 12.1. The van der Waals surface area contributed by atoms with Crippen LogP contribution in [0.15, 0.2) is 45.6 Å². The number of benzene rings is 1. The van der Waals surface area contributed by atoms with Crippen LogP contribution >= 0.6 is 11.6 Å². The Bertz CT molecular complexity index is 782. The second kappa shape index (κ2) is 10.7. The molecule has 0 bridgehead atoms. The van der Waals surface area contributed by atoms with Gasteiger partial charge in [0.25, 0.3) is 0 Å². The minimum atomic E-state index is -0.327. The Hall–Kier alpha value is -2.24. The van der Waals surface area contributed by atoms with Crippen LogP contribution in [0.5, 0.6) is 11.5 Å². The average molecular weight is 379 g/mol. The van der Waals surface area contributed by atoms with Crippen molar-refractivity contribution in [3.8, 4) is 11.5 Å². The van der Waals surface area contributed by atoms with Gasteiger partial charge in [-0.1, -0.05) is 23.7 Å². The molecule has 0 saturated carbocycles. The fraction of sp³-hybridized carbons (Fsp3) is 0.350. The first kappa shape index (κ1) is 20.1. The van der Waals surface area contributed by atoms with Crippen molar-refractivity contribution < 1.29 is 19.0 Å². The van der Waals surface area contributed by atoms with Crippen LogP contribution in [0.25, 0.3) is 6.08 Å². The number of aliphatic hydroxyl groups is 1. The van der Waals surface area contributed by atoms with E-state index >= 15 is 0 Å². The Balaban J connectivity index is 1.75. The topological polar surface area (TPSA) is 68.9 Å². The molecule has 0 fully saturated rings. The lowest BCUT2D eigenvalue weighted by molar-refractivity contribution is 0.234. The van der Waals surface area contributed by atoms with E-state index in [0.717, 1.165) is 25.0 Å². The first-order chi connectivity index (χ1) is 12.6. The van der Waals surface area contributed by atoms with E-state index in [-0.39, 0.29) is 23.5 Å². The molecule has 1 aromatic carbocycles. The maximum Gasteiger partial charge on any atom is 0.227 e. The van der Waals surface area contributed by atoms with Crippen molar-refractivity contribution in [2.75, 3.05) is 13.2 Å². The van der Waals surface area contributed by atoms with Gasteiger partial charge >= 0.3 is 0 Å². The summed E-state index contributed by atoms with van der Waals surface area (Å²) >= 11 is 5.90. The van der Waals surface area contributed by atoms with Crippen LogP contribution in [-0.2, 0) is 6.61 Å². The fourth-order valence-corrected chi connectivity index (χ4v) is 2.51. The highest BCUT2D eigenvalue weighted by molar-refractivity contribution is 6.30. The molecular weight excluding hydrogens is 356 g/mol. The lowest BCUT2D eigenvalue weighted by atomic mass is 10.2. The molecule has 0 amide bonds. The van der Waals surface area contributed by atoms with E-state index < -0.39 is 0 Å². The summed E-state index contributed by atoms with van der Waals surface area (Å²) in [6.45, 7) is 2.49. The van der Waals surface area contributed by atoms with Crippen molar-refractivity contribution in [1.29, 1.82) is 0 Å². The summed E-state index contributed by atoms with van der Waals surface area (Å²) in [5, 5.41) is 9.77. The van der Waals surface area contributed by atoms with Gasteiger partial charge in [-0.15, -0.1) is 0 Å². The van der Waals surface area contributed by atoms with Gasteiger partial charge < -0.3 is 19.0 Å². The number of allylic oxidation sites excluding steroid dienone is 1. The molecule has 0 atom stereocenters. The molecule has 2 rings (SSSR count). The van der Waals surface area contributed by atoms with Crippen LogP contribution in [0.3, 0.4) is 0 Å². The van der Waals surface area contributed by atoms with Crippen LogP contribution in [0.1, 0.15) is 37.7 Å². The molecule has 1 aromatic heterocycles. The minimum Gasteiger partial charge on any atom is -0.494 e. The lowest BCUT2D eigenvalue weighted by Crippen LogP contribution is -2.11. The number of ether oxygens (including phenoxy) is 2. The Morgan fingerprint density at radius 3 is 2.62 bits per heavy atom. The van der Waals surface area contributed by atoms with Crippen LogP contribution in [0.4, 0.5) is 0 Å². The third-order valence-corrected chi connectivity index (χ3v) is 3.79.